The van der Waals surface area contributed by atoms with Crippen LogP contribution in [0.1, 0.15) is 16.1 Å². The van der Waals surface area contributed by atoms with Crippen molar-refractivity contribution >= 4 is 23.2 Å². The molecule has 0 saturated carbocycles. The second kappa shape index (κ2) is 5.44. The lowest BCUT2D eigenvalue weighted by molar-refractivity contribution is -0.385. The Morgan fingerprint density at radius 1 is 1.58 bits per heavy atom. The van der Waals surface area contributed by atoms with Crippen molar-refractivity contribution in [2.45, 2.75) is 6.54 Å². The molecule has 0 aliphatic rings. The molecule has 0 aliphatic heterocycles. The molecule has 0 radical (unpaired) electrons. The van der Waals surface area contributed by atoms with Crippen LogP contribution in [0, 0.1) is 10.1 Å². The average Bonchev–Trinajstić information content (AvgIpc) is 2.89. The topological polar surface area (TPSA) is 114 Å². The van der Waals surface area contributed by atoms with Gasteiger partial charge in [0.05, 0.1) is 22.7 Å². The summed E-state index contributed by atoms with van der Waals surface area (Å²) in [6.45, 7) is 0.206. The predicted octanol–water partition coefficient (Wildman–Crippen LogP) is 1.30. The molecule has 2 heterocycles. The van der Waals surface area contributed by atoms with Gasteiger partial charge in [0.2, 0.25) is 0 Å². The Labute approximate surface area is 112 Å². The first-order chi connectivity index (χ1) is 9.08. The first kappa shape index (κ1) is 13.0. The second-order valence-corrected chi connectivity index (χ2v) is 3.91. The maximum atomic E-state index is 11.8. The van der Waals surface area contributed by atoms with Crippen molar-refractivity contribution in [3.8, 4) is 0 Å². The summed E-state index contributed by atoms with van der Waals surface area (Å²) in [5.41, 5.74) is 0.356. The van der Waals surface area contributed by atoms with Crippen LogP contribution in [-0.4, -0.2) is 26.0 Å². The van der Waals surface area contributed by atoms with E-state index in [9.17, 15) is 14.9 Å². The molecule has 0 fully saturated rings. The Hall–Kier alpha value is -2.48. The van der Waals surface area contributed by atoms with Crippen molar-refractivity contribution in [2.75, 3.05) is 0 Å². The van der Waals surface area contributed by atoms with Gasteiger partial charge in [-0.2, -0.15) is 5.10 Å². The van der Waals surface area contributed by atoms with E-state index < -0.39 is 10.8 Å². The molecule has 0 aliphatic carbocycles. The predicted molar refractivity (Wildman–Crippen MR) is 65.7 cm³/mol. The smallest absolute Gasteiger partial charge is 0.288 e. The van der Waals surface area contributed by atoms with Gasteiger partial charge in [0.25, 0.3) is 11.6 Å². The number of nitrogens with zero attached hydrogens (tertiary/aromatic N) is 3. The number of carbonyl (C=O) groups excluding carboxylic acids is 1. The van der Waals surface area contributed by atoms with E-state index >= 15 is 0 Å². The standard InChI is InChI=1S/C10H8ClN5O3/c11-9-8(3-7(5-12-9)16(18)19)10(17)13-4-6-1-2-14-15-6/h1-3,5H,4H2,(H,13,17)(H,14,15). The quantitative estimate of drug-likeness (QED) is 0.498. The molecular weight excluding hydrogens is 274 g/mol. The molecular formula is C10H8ClN5O3. The van der Waals surface area contributed by atoms with E-state index in [2.05, 4.69) is 20.5 Å². The summed E-state index contributed by atoms with van der Waals surface area (Å²) in [7, 11) is 0. The summed E-state index contributed by atoms with van der Waals surface area (Å²) in [5, 5.41) is 19.5. The molecule has 2 aromatic heterocycles. The normalized spacial score (nSPS) is 10.2. The van der Waals surface area contributed by atoms with Crippen LogP contribution in [0.25, 0.3) is 0 Å². The molecule has 0 bridgehead atoms. The first-order valence-corrected chi connectivity index (χ1v) is 5.52. The van der Waals surface area contributed by atoms with E-state index in [-0.39, 0.29) is 22.9 Å². The van der Waals surface area contributed by atoms with Gasteiger partial charge in [-0.3, -0.25) is 20.0 Å². The highest BCUT2D eigenvalue weighted by Gasteiger charge is 2.16. The second-order valence-electron chi connectivity index (χ2n) is 3.55. The monoisotopic (exact) mass is 281 g/mol. The largest absolute Gasteiger partial charge is 0.346 e. The van der Waals surface area contributed by atoms with Crippen LogP contribution in [-0.2, 0) is 6.54 Å². The zero-order valence-electron chi connectivity index (χ0n) is 9.46. The lowest BCUT2D eigenvalue weighted by Gasteiger charge is -2.04. The summed E-state index contributed by atoms with van der Waals surface area (Å²) in [6.07, 6.45) is 2.54. The Morgan fingerprint density at radius 2 is 2.37 bits per heavy atom. The zero-order chi connectivity index (χ0) is 13.8. The van der Waals surface area contributed by atoms with Crippen molar-refractivity contribution in [3.05, 3.63) is 51.1 Å². The van der Waals surface area contributed by atoms with Gasteiger partial charge in [0, 0.05) is 12.3 Å². The van der Waals surface area contributed by atoms with Crippen LogP contribution in [0.2, 0.25) is 5.15 Å². The number of aromatic nitrogens is 3. The summed E-state index contributed by atoms with van der Waals surface area (Å²) in [4.78, 5) is 25.4. The summed E-state index contributed by atoms with van der Waals surface area (Å²) >= 11 is 5.74. The molecule has 19 heavy (non-hydrogen) atoms. The number of H-pyrrole nitrogens is 1. The number of hydrogen-bond acceptors (Lipinski definition) is 5. The molecule has 1 amide bonds. The van der Waals surface area contributed by atoms with Crippen LogP contribution in [0.3, 0.4) is 0 Å². The Morgan fingerprint density at radius 3 is 3.00 bits per heavy atom. The minimum atomic E-state index is -0.644. The molecule has 0 saturated heterocycles. The minimum absolute atomic E-state index is 0.0459. The molecule has 0 spiro atoms. The van der Waals surface area contributed by atoms with Gasteiger partial charge in [-0.25, -0.2) is 4.98 Å². The number of carbonyl (C=O) groups is 1. The van der Waals surface area contributed by atoms with Crippen molar-refractivity contribution in [1.29, 1.82) is 0 Å². The number of nitro groups is 1. The highest BCUT2D eigenvalue weighted by atomic mass is 35.5. The fourth-order valence-electron chi connectivity index (χ4n) is 1.35. The lowest BCUT2D eigenvalue weighted by atomic mass is 10.2. The third-order valence-corrected chi connectivity index (χ3v) is 2.58. The van der Waals surface area contributed by atoms with E-state index in [1.165, 1.54) is 0 Å². The van der Waals surface area contributed by atoms with E-state index in [0.717, 1.165) is 12.3 Å². The van der Waals surface area contributed by atoms with Crippen LogP contribution in [0.15, 0.2) is 24.5 Å². The SMILES string of the molecule is O=C(NCc1ccn[nH]1)c1cc([N+](=O)[O-])cnc1Cl. The summed E-state index contributed by atoms with van der Waals surface area (Å²) < 4.78 is 0. The van der Waals surface area contributed by atoms with Crippen LogP contribution in [0.4, 0.5) is 5.69 Å². The van der Waals surface area contributed by atoms with Crippen LogP contribution in [0.5, 0.6) is 0 Å². The highest BCUT2D eigenvalue weighted by Crippen LogP contribution is 2.18. The lowest BCUT2D eigenvalue weighted by Crippen LogP contribution is -2.23. The van der Waals surface area contributed by atoms with Gasteiger partial charge in [-0.05, 0) is 6.07 Å². The molecule has 0 atom stereocenters. The molecule has 2 N–H and O–H groups in total. The zero-order valence-corrected chi connectivity index (χ0v) is 10.2. The number of hydrogen-bond donors (Lipinski definition) is 2. The third-order valence-electron chi connectivity index (χ3n) is 2.28. The minimum Gasteiger partial charge on any atom is -0.346 e. The van der Waals surface area contributed by atoms with E-state index in [0.29, 0.717) is 5.69 Å². The van der Waals surface area contributed by atoms with Gasteiger partial charge >= 0.3 is 0 Å². The summed E-state index contributed by atoms with van der Waals surface area (Å²) in [5.74, 6) is -0.546. The third kappa shape index (κ3) is 3.05. The van der Waals surface area contributed by atoms with E-state index in [1.807, 2.05) is 0 Å². The number of pyridine rings is 1. The van der Waals surface area contributed by atoms with Crippen molar-refractivity contribution < 1.29 is 9.72 Å². The fourth-order valence-corrected chi connectivity index (χ4v) is 1.54. The van der Waals surface area contributed by atoms with Crippen molar-refractivity contribution in [2.24, 2.45) is 0 Å². The molecule has 2 aromatic rings. The van der Waals surface area contributed by atoms with Gasteiger partial charge in [0.15, 0.2) is 0 Å². The maximum Gasteiger partial charge on any atom is 0.288 e. The van der Waals surface area contributed by atoms with Crippen molar-refractivity contribution in [1.82, 2.24) is 20.5 Å². The van der Waals surface area contributed by atoms with Crippen LogP contribution < -0.4 is 5.32 Å². The van der Waals surface area contributed by atoms with E-state index in [1.54, 1.807) is 12.3 Å². The fraction of sp³-hybridized carbons (Fsp3) is 0.100. The van der Waals surface area contributed by atoms with E-state index in [4.69, 9.17) is 11.6 Å². The van der Waals surface area contributed by atoms with Crippen LogP contribution >= 0.6 is 11.6 Å². The van der Waals surface area contributed by atoms with Gasteiger partial charge in [0.1, 0.15) is 11.3 Å². The molecule has 98 valence electrons. The molecule has 0 unspecified atom stereocenters. The van der Waals surface area contributed by atoms with Crippen molar-refractivity contribution in [3.63, 3.8) is 0 Å². The molecule has 0 aromatic carbocycles. The summed E-state index contributed by atoms with van der Waals surface area (Å²) in [6, 6.07) is 2.77. The Bertz CT molecular complexity index is 614. The molecule has 8 nitrogen and oxygen atoms in total. The molecule has 2 rings (SSSR count). The van der Waals surface area contributed by atoms with Gasteiger partial charge in [-0.15, -0.1) is 0 Å². The van der Waals surface area contributed by atoms with Gasteiger partial charge < -0.3 is 5.32 Å². The number of nitrogens with one attached hydrogen (secondary N) is 2. The number of rotatable bonds is 4. The first-order valence-electron chi connectivity index (χ1n) is 5.14. The Balaban J connectivity index is 2.14. The molecule has 9 heteroatoms. The maximum absolute atomic E-state index is 11.8. The highest BCUT2D eigenvalue weighted by molar-refractivity contribution is 6.32. The Kier molecular flexibility index (Phi) is 3.71. The number of halogens is 1. The van der Waals surface area contributed by atoms with Gasteiger partial charge in [-0.1, -0.05) is 11.6 Å². The average molecular weight is 282 g/mol. The number of amides is 1. The number of aromatic amines is 1.